The van der Waals surface area contributed by atoms with E-state index in [-0.39, 0.29) is 0 Å². The molecule has 0 aliphatic rings. The van der Waals surface area contributed by atoms with E-state index in [0.717, 1.165) is 18.5 Å². The van der Waals surface area contributed by atoms with Crippen molar-refractivity contribution in [3.63, 3.8) is 0 Å². The van der Waals surface area contributed by atoms with Crippen LogP contribution in [0, 0.1) is 6.92 Å². The van der Waals surface area contributed by atoms with Crippen molar-refractivity contribution in [2.75, 3.05) is 11.9 Å². The number of aryl methyl sites for hydroxylation is 2. The van der Waals surface area contributed by atoms with Gasteiger partial charge in [-0.15, -0.1) is 0 Å². The second kappa shape index (κ2) is 7.23. The van der Waals surface area contributed by atoms with Gasteiger partial charge in [-0.25, -0.2) is 4.98 Å². The first-order valence-electron chi connectivity index (χ1n) is 6.77. The highest BCUT2D eigenvalue weighted by atomic mass is 16.2. The molecule has 6 nitrogen and oxygen atoms in total. The van der Waals surface area contributed by atoms with Crippen LogP contribution in [0.15, 0.2) is 43.0 Å². The number of amides is 2. The van der Waals surface area contributed by atoms with Crippen molar-refractivity contribution in [3.8, 4) is 0 Å². The van der Waals surface area contributed by atoms with Gasteiger partial charge in [-0.2, -0.15) is 0 Å². The maximum absolute atomic E-state index is 11.7. The molecule has 21 heavy (non-hydrogen) atoms. The molecule has 0 saturated carbocycles. The third-order valence-electron chi connectivity index (χ3n) is 2.92. The van der Waals surface area contributed by atoms with Gasteiger partial charge in [0.1, 0.15) is 0 Å². The van der Waals surface area contributed by atoms with Crippen molar-refractivity contribution in [1.82, 2.24) is 14.9 Å². The molecule has 0 bridgehead atoms. The number of hydrogen-bond acceptors (Lipinski definition) is 3. The zero-order chi connectivity index (χ0) is 15.1. The number of carbonyl (C=O) groups excluding carboxylic acids is 2. The van der Waals surface area contributed by atoms with E-state index in [9.17, 15) is 9.59 Å². The van der Waals surface area contributed by atoms with E-state index in [2.05, 4.69) is 15.6 Å². The molecular weight excluding hydrogens is 268 g/mol. The van der Waals surface area contributed by atoms with Crippen LogP contribution in [0.25, 0.3) is 0 Å². The number of imidazole rings is 1. The zero-order valence-electron chi connectivity index (χ0n) is 11.9. The minimum absolute atomic E-state index is 0.443. The largest absolute Gasteiger partial charge is 0.348 e. The Labute approximate surface area is 123 Å². The summed E-state index contributed by atoms with van der Waals surface area (Å²) < 4.78 is 1.92. The number of nitrogens with zero attached hydrogens (tertiary/aromatic N) is 2. The quantitative estimate of drug-likeness (QED) is 0.643. The molecule has 0 aliphatic heterocycles. The first-order valence-corrected chi connectivity index (χ1v) is 6.77. The average Bonchev–Trinajstić information content (AvgIpc) is 2.96. The van der Waals surface area contributed by atoms with E-state index in [1.165, 1.54) is 0 Å². The molecule has 0 atom stereocenters. The van der Waals surface area contributed by atoms with Gasteiger partial charge in [0.05, 0.1) is 6.33 Å². The van der Waals surface area contributed by atoms with Crippen molar-refractivity contribution >= 4 is 17.5 Å². The highest BCUT2D eigenvalue weighted by molar-refractivity contribution is 6.39. The van der Waals surface area contributed by atoms with Gasteiger partial charge < -0.3 is 15.2 Å². The first-order chi connectivity index (χ1) is 10.1. The molecule has 6 heteroatoms. The molecule has 2 aromatic rings. The van der Waals surface area contributed by atoms with Crippen LogP contribution in [0.4, 0.5) is 5.69 Å². The van der Waals surface area contributed by atoms with Crippen LogP contribution in [-0.2, 0) is 16.1 Å². The Balaban J connectivity index is 1.71. The van der Waals surface area contributed by atoms with E-state index in [0.29, 0.717) is 12.2 Å². The fourth-order valence-electron chi connectivity index (χ4n) is 1.87. The predicted octanol–water partition coefficient (Wildman–Crippen LogP) is 1.34. The standard InChI is InChI=1S/C15H18N4O2/c1-12-4-2-5-13(10-12)18-15(21)14(20)17-6-3-8-19-9-7-16-11-19/h2,4-5,7,9-11H,3,6,8H2,1H3,(H,17,20)(H,18,21). The van der Waals surface area contributed by atoms with Crippen LogP contribution in [-0.4, -0.2) is 27.9 Å². The van der Waals surface area contributed by atoms with E-state index >= 15 is 0 Å². The molecule has 1 aromatic heterocycles. The minimum Gasteiger partial charge on any atom is -0.348 e. The van der Waals surface area contributed by atoms with Crippen LogP contribution >= 0.6 is 0 Å². The number of anilines is 1. The second-order valence-electron chi connectivity index (χ2n) is 4.73. The molecule has 0 saturated heterocycles. The summed E-state index contributed by atoms with van der Waals surface area (Å²) in [6.45, 7) is 3.11. The summed E-state index contributed by atoms with van der Waals surface area (Å²) in [5.41, 5.74) is 1.64. The van der Waals surface area contributed by atoms with Crippen LogP contribution in [0.3, 0.4) is 0 Å². The SMILES string of the molecule is Cc1cccc(NC(=O)C(=O)NCCCn2ccnc2)c1. The van der Waals surface area contributed by atoms with Crippen LogP contribution in [0.2, 0.25) is 0 Å². The molecule has 0 aliphatic carbocycles. The Bertz CT molecular complexity index is 608. The Kier molecular flexibility index (Phi) is 5.09. The fourth-order valence-corrected chi connectivity index (χ4v) is 1.87. The third-order valence-corrected chi connectivity index (χ3v) is 2.92. The summed E-state index contributed by atoms with van der Waals surface area (Å²) in [6.07, 6.45) is 6.01. The van der Waals surface area contributed by atoms with Crippen LogP contribution in [0.5, 0.6) is 0 Å². The number of rotatable bonds is 5. The number of aromatic nitrogens is 2. The van der Waals surface area contributed by atoms with Crippen molar-refractivity contribution in [1.29, 1.82) is 0 Å². The summed E-state index contributed by atoms with van der Waals surface area (Å²) in [5.74, 6) is -1.27. The van der Waals surface area contributed by atoms with Crippen molar-refractivity contribution in [2.45, 2.75) is 19.9 Å². The van der Waals surface area contributed by atoms with Crippen LogP contribution in [0.1, 0.15) is 12.0 Å². The molecule has 2 N–H and O–H groups in total. The number of hydrogen-bond donors (Lipinski definition) is 2. The molecular formula is C15H18N4O2. The number of nitrogens with one attached hydrogen (secondary N) is 2. The first kappa shape index (κ1) is 14.8. The lowest BCUT2D eigenvalue weighted by molar-refractivity contribution is -0.136. The fraction of sp³-hybridized carbons (Fsp3) is 0.267. The van der Waals surface area contributed by atoms with Gasteiger partial charge >= 0.3 is 11.8 Å². The highest BCUT2D eigenvalue weighted by Crippen LogP contribution is 2.08. The summed E-state index contributed by atoms with van der Waals surface area (Å²) in [5, 5.41) is 5.17. The topological polar surface area (TPSA) is 76.0 Å². The molecule has 0 fully saturated rings. The van der Waals surface area contributed by atoms with Crippen LogP contribution < -0.4 is 10.6 Å². The minimum atomic E-state index is -0.650. The molecule has 0 spiro atoms. The maximum atomic E-state index is 11.7. The smallest absolute Gasteiger partial charge is 0.313 e. The van der Waals surface area contributed by atoms with Gasteiger partial charge in [0.25, 0.3) is 0 Å². The molecule has 1 aromatic carbocycles. The summed E-state index contributed by atoms with van der Waals surface area (Å²) in [6, 6.07) is 7.31. The molecule has 0 radical (unpaired) electrons. The average molecular weight is 286 g/mol. The number of carbonyl (C=O) groups is 2. The lowest BCUT2D eigenvalue weighted by Gasteiger charge is -2.07. The van der Waals surface area contributed by atoms with Gasteiger partial charge in [-0.05, 0) is 31.0 Å². The van der Waals surface area contributed by atoms with Crippen molar-refractivity contribution in [3.05, 3.63) is 48.5 Å². The Morgan fingerprint density at radius 3 is 2.86 bits per heavy atom. The Morgan fingerprint density at radius 2 is 2.14 bits per heavy atom. The molecule has 110 valence electrons. The van der Waals surface area contributed by atoms with Gasteiger partial charge in [0, 0.05) is 31.2 Å². The van der Waals surface area contributed by atoms with E-state index < -0.39 is 11.8 Å². The van der Waals surface area contributed by atoms with Gasteiger partial charge in [-0.3, -0.25) is 9.59 Å². The number of benzene rings is 1. The van der Waals surface area contributed by atoms with Crippen molar-refractivity contribution in [2.24, 2.45) is 0 Å². The second-order valence-corrected chi connectivity index (χ2v) is 4.73. The third kappa shape index (κ3) is 4.76. The monoisotopic (exact) mass is 286 g/mol. The highest BCUT2D eigenvalue weighted by Gasteiger charge is 2.12. The molecule has 2 amide bonds. The van der Waals surface area contributed by atoms with Gasteiger partial charge in [-0.1, -0.05) is 12.1 Å². The Morgan fingerprint density at radius 1 is 1.29 bits per heavy atom. The Hall–Kier alpha value is -2.63. The van der Waals surface area contributed by atoms with Crippen molar-refractivity contribution < 1.29 is 9.59 Å². The summed E-state index contributed by atoms with van der Waals surface area (Å²) >= 11 is 0. The molecule has 0 unspecified atom stereocenters. The van der Waals surface area contributed by atoms with Gasteiger partial charge in [0.2, 0.25) is 0 Å². The normalized spacial score (nSPS) is 10.1. The lowest BCUT2D eigenvalue weighted by Crippen LogP contribution is -2.36. The summed E-state index contributed by atoms with van der Waals surface area (Å²) in [7, 11) is 0. The van der Waals surface area contributed by atoms with Gasteiger partial charge in [0.15, 0.2) is 0 Å². The summed E-state index contributed by atoms with van der Waals surface area (Å²) in [4.78, 5) is 27.3. The van der Waals surface area contributed by atoms with E-state index in [1.807, 2.05) is 35.9 Å². The molecule has 2 rings (SSSR count). The van der Waals surface area contributed by atoms with E-state index in [1.54, 1.807) is 18.6 Å². The maximum Gasteiger partial charge on any atom is 0.313 e. The lowest BCUT2D eigenvalue weighted by atomic mass is 10.2. The predicted molar refractivity (Wildman–Crippen MR) is 79.7 cm³/mol. The zero-order valence-corrected chi connectivity index (χ0v) is 11.9. The molecule has 1 heterocycles. The van der Waals surface area contributed by atoms with E-state index in [4.69, 9.17) is 0 Å².